The van der Waals surface area contributed by atoms with Gasteiger partial charge in [0.25, 0.3) is 5.91 Å². The van der Waals surface area contributed by atoms with Crippen LogP contribution < -0.4 is 0 Å². The van der Waals surface area contributed by atoms with Gasteiger partial charge in [0, 0.05) is 57.4 Å². The fraction of sp³-hybridized carbons (Fsp3) is 0.650. The Balaban J connectivity index is 0.00000225. The number of amides is 1. The summed E-state index contributed by atoms with van der Waals surface area (Å²) in [4.78, 5) is 19.5. The van der Waals surface area contributed by atoms with Gasteiger partial charge in [-0.3, -0.25) is 14.6 Å². The first-order chi connectivity index (χ1) is 11.6. The van der Waals surface area contributed by atoms with Crippen molar-refractivity contribution in [2.24, 2.45) is 0 Å². The highest BCUT2D eigenvalue weighted by Crippen LogP contribution is 2.13. The van der Waals surface area contributed by atoms with Crippen LogP contribution in [0.5, 0.6) is 0 Å². The van der Waals surface area contributed by atoms with Crippen LogP contribution in [0.25, 0.3) is 0 Å². The van der Waals surface area contributed by atoms with Gasteiger partial charge in [-0.25, -0.2) is 0 Å². The van der Waals surface area contributed by atoms with Crippen molar-refractivity contribution < 1.29 is 9.53 Å². The van der Waals surface area contributed by atoms with E-state index < -0.39 is 0 Å². The number of benzene rings is 1. The predicted molar refractivity (Wildman–Crippen MR) is 123 cm³/mol. The summed E-state index contributed by atoms with van der Waals surface area (Å²) in [6.45, 7) is 12.6. The molecular weight excluding hydrogens is 474 g/mol. The van der Waals surface area contributed by atoms with E-state index >= 15 is 0 Å². The molecular formula is C20H35Br2N3O2. The van der Waals surface area contributed by atoms with Gasteiger partial charge in [-0.2, -0.15) is 0 Å². The molecule has 0 radical (unpaired) electrons. The highest BCUT2D eigenvalue weighted by molar-refractivity contribution is 8.93. The van der Waals surface area contributed by atoms with E-state index in [2.05, 4.69) is 35.8 Å². The molecule has 1 aromatic rings. The van der Waals surface area contributed by atoms with Crippen LogP contribution in [-0.4, -0.2) is 79.1 Å². The largest absolute Gasteiger partial charge is 0.379 e. The van der Waals surface area contributed by atoms with Crippen molar-refractivity contribution in [1.29, 1.82) is 0 Å². The van der Waals surface area contributed by atoms with Gasteiger partial charge in [0.1, 0.15) is 0 Å². The molecule has 0 saturated carbocycles. The second-order valence-corrected chi connectivity index (χ2v) is 7.01. The average Bonchev–Trinajstić information content (AvgIpc) is 2.63. The number of carbonyl (C=O) groups is 1. The van der Waals surface area contributed by atoms with Gasteiger partial charge in [-0.15, -0.1) is 34.0 Å². The third-order valence-electron chi connectivity index (χ3n) is 5.04. The molecule has 3 rings (SSSR count). The molecule has 2 saturated heterocycles. The van der Waals surface area contributed by atoms with Crippen LogP contribution in [0.4, 0.5) is 0 Å². The molecule has 2 heterocycles. The highest BCUT2D eigenvalue weighted by Gasteiger charge is 2.23. The summed E-state index contributed by atoms with van der Waals surface area (Å²) in [5, 5.41) is 0. The standard InChI is InChI=1S/C19H29N3O2.CH4.2BrH/c1-16(2)21-7-9-22(10-8-21)19(23)18-5-3-17(4-6-18)15-20-11-13-24-14-12-20;;;/h3-6,16H,7-15H2,1-2H3;1H4;2*1H. The maximum Gasteiger partial charge on any atom is 0.253 e. The zero-order chi connectivity index (χ0) is 16.9. The molecule has 0 bridgehead atoms. The number of hydrogen-bond donors (Lipinski definition) is 0. The van der Waals surface area contributed by atoms with E-state index in [4.69, 9.17) is 4.74 Å². The van der Waals surface area contributed by atoms with Gasteiger partial charge < -0.3 is 9.64 Å². The van der Waals surface area contributed by atoms with E-state index in [-0.39, 0.29) is 47.3 Å². The number of carbonyl (C=O) groups excluding carboxylic acids is 1. The van der Waals surface area contributed by atoms with Gasteiger partial charge in [0.15, 0.2) is 0 Å². The van der Waals surface area contributed by atoms with Crippen molar-refractivity contribution in [3.63, 3.8) is 0 Å². The van der Waals surface area contributed by atoms with E-state index in [1.165, 1.54) is 5.56 Å². The maximum absolute atomic E-state index is 12.7. The Bertz CT molecular complexity index is 541. The lowest BCUT2D eigenvalue weighted by molar-refractivity contribution is 0.0342. The Hall–Kier alpha value is -0.470. The Morgan fingerprint density at radius 2 is 1.52 bits per heavy atom. The van der Waals surface area contributed by atoms with Gasteiger partial charge in [0.05, 0.1) is 13.2 Å². The summed E-state index contributed by atoms with van der Waals surface area (Å²) in [6.07, 6.45) is 0. The summed E-state index contributed by atoms with van der Waals surface area (Å²) in [7, 11) is 0. The molecule has 1 aromatic carbocycles. The van der Waals surface area contributed by atoms with E-state index in [9.17, 15) is 4.79 Å². The number of piperazine rings is 1. The molecule has 0 N–H and O–H groups in total. The third kappa shape index (κ3) is 7.46. The lowest BCUT2D eigenvalue weighted by Crippen LogP contribution is -2.50. The first-order valence-electron chi connectivity index (χ1n) is 9.06. The summed E-state index contributed by atoms with van der Waals surface area (Å²) in [5.74, 6) is 0.163. The van der Waals surface area contributed by atoms with Gasteiger partial charge in [-0.05, 0) is 31.5 Å². The Kier molecular flexibility index (Phi) is 12.7. The summed E-state index contributed by atoms with van der Waals surface area (Å²) in [5.41, 5.74) is 2.07. The van der Waals surface area contributed by atoms with Crippen LogP contribution >= 0.6 is 34.0 Å². The molecule has 156 valence electrons. The molecule has 0 aliphatic carbocycles. The van der Waals surface area contributed by atoms with E-state index in [1.807, 2.05) is 17.0 Å². The van der Waals surface area contributed by atoms with Crippen LogP contribution in [0.1, 0.15) is 37.2 Å². The fourth-order valence-electron chi connectivity index (χ4n) is 3.39. The predicted octanol–water partition coefficient (Wildman–Crippen LogP) is 3.48. The van der Waals surface area contributed by atoms with Gasteiger partial charge in [-0.1, -0.05) is 19.6 Å². The molecule has 0 atom stereocenters. The second-order valence-electron chi connectivity index (χ2n) is 7.01. The molecule has 2 fully saturated rings. The van der Waals surface area contributed by atoms with Crippen LogP contribution in [-0.2, 0) is 11.3 Å². The van der Waals surface area contributed by atoms with Crippen LogP contribution in [0.2, 0.25) is 0 Å². The first-order valence-corrected chi connectivity index (χ1v) is 9.06. The Morgan fingerprint density at radius 1 is 0.963 bits per heavy atom. The number of rotatable bonds is 4. The van der Waals surface area contributed by atoms with Crippen LogP contribution in [0.15, 0.2) is 24.3 Å². The molecule has 1 amide bonds. The minimum atomic E-state index is 0. The molecule has 2 aliphatic rings. The van der Waals surface area contributed by atoms with E-state index in [0.717, 1.165) is 64.6 Å². The summed E-state index contributed by atoms with van der Waals surface area (Å²) in [6, 6.07) is 8.70. The van der Waals surface area contributed by atoms with Crippen molar-refractivity contribution in [2.45, 2.75) is 33.9 Å². The maximum atomic E-state index is 12.7. The molecule has 0 spiro atoms. The molecule has 0 unspecified atom stereocenters. The average molecular weight is 509 g/mol. The minimum Gasteiger partial charge on any atom is -0.379 e. The van der Waals surface area contributed by atoms with E-state index in [1.54, 1.807) is 0 Å². The molecule has 5 nitrogen and oxygen atoms in total. The summed E-state index contributed by atoms with van der Waals surface area (Å²) < 4.78 is 5.38. The van der Waals surface area contributed by atoms with Crippen LogP contribution in [0, 0.1) is 0 Å². The number of nitrogens with zero attached hydrogens (tertiary/aromatic N) is 3. The number of morpholine rings is 1. The molecule has 27 heavy (non-hydrogen) atoms. The molecule has 0 aromatic heterocycles. The zero-order valence-corrected chi connectivity index (χ0v) is 19.2. The third-order valence-corrected chi connectivity index (χ3v) is 5.04. The topological polar surface area (TPSA) is 36.0 Å². The highest BCUT2D eigenvalue weighted by atomic mass is 79.9. The first kappa shape index (κ1) is 26.5. The second kappa shape index (κ2) is 12.9. The van der Waals surface area contributed by atoms with Crippen molar-refractivity contribution in [3.05, 3.63) is 35.4 Å². The van der Waals surface area contributed by atoms with Crippen molar-refractivity contribution in [1.82, 2.24) is 14.7 Å². The van der Waals surface area contributed by atoms with Gasteiger partial charge in [0.2, 0.25) is 0 Å². The van der Waals surface area contributed by atoms with E-state index in [0.29, 0.717) is 6.04 Å². The number of ether oxygens (including phenoxy) is 1. The Morgan fingerprint density at radius 3 is 2.04 bits per heavy atom. The number of hydrogen-bond acceptors (Lipinski definition) is 4. The SMILES string of the molecule is Br.Br.C.CC(C)N1CCN(C(=O)c2ccc(CN3CCOCC3)cc2)CC1. The quantitative estimate of drug-likeness (QED) is 0.623. The Labute approximate surface area is 185 Å². The van der Waals surface area contributed by atoms with Gasteiger partial charge >= 0.3 is 0 Å². The van der Waals surface area contributed by atoms with Crippen molar-refractivity contribution >= 4 is 39.9 Å². The number of halogens is 2. The summed E-state index contributed by atoms with van der Waals surface area (Å²) >= 11 is 0. The van der Waals surface area contributed by atoms with Crippen LogP contribution in [0.3, 0.4) is 0 Å². The lowest BCUT2D eigenvalue weighted by atomic mass is 10.1. The molecule has 7 heteroatoms. The monoisotopic (exact) mass is 507 g/mol. The fourth-order valence-corrected chi connectivity index (χ4v) is 3.39. The minimum absolute atomic E-state index is 0. The van der Waals surface area contributed by atoms with Crippen molar-refractivity contribution in [3.8, 4) is 0 Å². The zero-order valence-electron chi connectivity index (χ0n) is 15.7. The lowest BCUT2D eigenvalue weighted by Gasteiger charge is -2.37. The molecule has 2 aliphatic heterocycles. The normalized spacial score (nSPS) is 18.3. The smallest absolute Gasteiger partial charge is 0.253 e. The van der Waals surface area contributed by atoms with Crippen molar-refractivity contribution in [2.75, 3.05) is 52.5 Å².